The minimum Gasteiger partial charge on any atom is -0.466 e. The molecule has 0 aliphatic heterocycles. The molecule has 2 N–H and O–H groups in total. The predicted octanol–water partition coefficient (Wildman–Crippen LogP) is 2.81. The van der Waals surface area contributed by atoms with Crippen LogP contribution >= 0.6 is 0 Å². The Labute approximate surface area is 139 Å². The summed E-state index contributed by atoms with van der Waals surface area (Å²) in [6, 6.07) is 9.85. The molecule has 0 unspecified atom stereocenters. The van der Waals surface area contributed by atoms with E-state index in [-0.39, 0.29) is 37.0 Å². The molecule has 1 aromatic carbocycles. The van der Waals surface area contributed by atoms with Gasteiger partial charge in [0.15, 0.2) is 5.76 Å². The first-order valence-corrected chi connectivity index (χ1v) is 7.49. The van der Waals surface area contributed by atoms with Crippen LogP contribution < -0.4 is 10.6 Å². The molecular weight excluding hydrogens is 312 g/mol. The Morgan fingerprint density at radius 3 is 2.46 bits per heavy atom. The van der Waals surface area contributed by atoms with Crippen molar-refractivity contribution >= 4 is 29.2 Å². The third kappa shape index (κ3) is 5.28. The number of carbonyl (C=O) groups excluding carboxylic acids is 3. The molecule has 2 aromatic rings. The lowest BCUT2D eigenvalue weighted by Crippen LogP contribution is -2.15. The van der Waals surface area contributed by atoms with Crippen molar-refractivity contribution in [2.75, 3.05) is 17.2 Å². The van der Waals surface area contributed by atoms with Crippen LogP contribution in [0.5, 0.6) is 0 Å². The van der Waals surface area contributed by atoms with Gasteiger partial charge in [-0.25, -0.2) is 0 Å². The number of nitrogens with one attached hydrogen (secondary N) is 2. The Bertz CT molecular complexity index is 710. The molecule has 0 fully saturated rings. The lowest BCUT2D eigenvalue weighted by Gasteiger charge is -2.08. The van der Waals surface area contributed by atoms with E-state index in [0.29, 0.717) is 11.4 Å². The van der Waals surface area contributed by atoms with E-state index in [9.17, 15) is 14.4 Å². The van der Waals surface area contributed by atoms with E-state index in [0.717, 1.165) is 0 Å². The van der Waals surface area contributed by atoms with Crippen LogP contribution in [0.2, 0.25) is 0 Å². The van der Waals surface area contributed by atoms with E-state index in [2.05, 4.69) is 10.6 Å². The van der Waals surface area contributed by atoms with E-state index in [1.54, 1.807) is 43.3 Å². The van der Waals surface area contributed by atoms with Gasteiger partial charge in [-0.2, -0.15) is 0 Å². The van der Waals surface area contributed by atoms with Crippen molar-refractivity contribution in [2.45, 2.75) is 19.8 Å². The molecule has 0 aliphatic rings. The average Bonchev–Trinajstić information content (AvgIpc) is 3.08. The first-order chi connectivity index (χ1) is 11.6. The van der Waals surface area contributed by atoms with Crippen molar-refractivity contribution < 1.29 is 23.5 Å². The predicted molar refractivity (Wildman–Crippen MR) is 87.6 cm³/mol. The van der Waals surface area contributed by atoms with Crippen molar-refractivity contribution in [3.8, 4) is 0 Å². The van der Waals surface area contributed by atoms with Gasteiger partial charge in [-0.3, -0.25) is 14.4 Å². The van der Waals surface area contributed by atoms with E-state index in [4.69, 9.17) is 9.15 Å². The van der Waals surface area contributed by atoms with Crippen LogP contribution in [0.1, 0.15) is 30.3 Å². The van der Waals surface area contributed by atoms with Crippen LogP contribution in [0.3, 0.4) is 0 Å². The first-order valence-electron chi connectivity index (χ1n) is 7.49. The summed E-state index contributed by atoms with van der Waals surface area (Å²) in [4.78, 5) is 35.0. The lowest BCUT2D eigenvalue weighted by atomic mass is 10.2. The topological polar surface area (TPSA) is 97.6 Å². The molecule has 2 amide bonds. The number of furan rings is 1. The second-order valence-electron chi connectivity index (χ2n) is 4.87. The monoisotopic (exact) mass is 330 g/mol. The molecule has 126 valence electrons. The Balaban J connectivity index is 1.89. The van der Waals surface area contributed by atoms with Crippen LogP contribution in [-0.4, -0.2) is 24.4 Å². The normalized spacial score (nSPS) is 10.0. The number of carbonyl (C=O) groups is 3. The largest absolute Gasteiger partial charge is 0.466 e. The molecule has 7 nitrogen and oxygen atoms in total. The van der Waals surface area contributed by atoms with Crippen LogP contribution in [0.25, 0.3) is 0 Å². The summed E-state index contributed by atoms with van der Waals surface area (Å²) >= 11 is 0. The average molecular weight is 330 g/mol. The summed E-state index contributed by atoms with van der Waals surface area (Å²) in [6.07, 6.45) is 1.46. The van der Waals surface area contributed by atoms with E-state index >= 15 is 0 Å². The Morgan fingerprint density at radius 1 is 1.04 bits per heavy atom. The number of hydrogen-bond acceptors (Lipinski definition) is 5. The molecule has 24 heavy (non-hydrogen) atoms. The van der Waals surface area contributed by atoms with Crippen molar-refractivity contribution in [3.63, 3.8) is 0 Å². The number of rotatable bonds is 7. The zero-order valence-corrected chi connectivity index (χ0v) is 13.2. The molecule has 0 radical (unpaired) electrons. The maximum atomic E-state index is 11.9. The summed E-state index contributed by atoms with van der Waals surface area (Å²) in [6.45, 7) is 2.00. The zero-order valence-electron chi connectivity index (χ0n) is 13.2. The Kier molecular flexibility index (Phi) is 6.13. The first kappa shape index (κ1) is 17.3. The third-order valence-electron chi connectivity index (χ3n) is 3.01. The maximum Gasteiger partial charge on any atom is 0.306 e. The number of amides is 2. The van der Waals surface area contributed by atoms with Crippen molar-refractivity contribution in [2.24, 2.45) is 0 Å². The van der Waals surface area contributed by atoms with E-state index in [1.165, 1.54) is 6.26 Å². The minimum atomic E-state index is -0.410. The van der Waals surface area contributed by atoms with Gasteiger partial charge in [0.2, 0.25) is 5.91 Å². The van der Waals surface area contributed by atoms with Crippen LogP contribution in [0.4, 0.5) is 11.4 Å². The van der Waals surface area contributed by atoms with Gasteiger partial charge in [0.05, 0.1) is 19.3 Å². The minimum absolute atomic E-state index is 0.0224. The number of ether oxygens (including phenoxy) is 1. The second-order valence-corrected chi connectivity index (χ2v) is 4.87. The summed E-state index contributed by atoms with van der Waals surface area (Å²) in [5.74, 6) is -0.908. The summed E-state index contributed by atoms with van der Waals surface area (Å²) in [5, 5.41) is 5.33. The smallest absolute Gasteiger partial charge is 0.306 e. The molecule has 7 heteroatoms. The number of esters is 1. The Morgan fingerprint density at radius 2 is 1.79 bits per heavy atom. The molecule has 0 bridgehead atoms. The van der Waals surface area contributed by atoms with Crippen LogP contribution in [0.15, 0.2) is 47.1 Å². The summed E-state index contributed by atoms with van der Waals surface area (Å²) < 4.78 is 9.78. The van der Waals surface area contributed by atoms with Gasteiger partial charge in [0, 0.05) is 17.8 Å². The van der Waals surface area contributed by atoms with Crippen molar-refractivity contribution in [3.05, 3.63) is 48.4 Å². The molecule has 1 heterocycles. The molecule has 0 aliphatic carbocycles. The highest BCUT2D eigenvalue weighted by molar-refractivity contribution is 6.02. The molecule has 0 saturated carbocycles. The quantitative estimate of drug-likeness (QED) is 0.761. The summed E-state index contributed by atoms with van der Waals surface area (Å²) in [7, 11) is 0. The van der Waals surface area contributed by atoms with Gasteiger partial charge < -0.3 is 19.8 Å². The van der Waals surface area contributed by atoms with Crippen LogP contribution in [-0.2, 0) is 14.3 Å². The second kappa shape index (κ2) is 8.52. The molecular formula is C17H18N2O5. The molecule has 2 rings (SSSR count). The zero-order chi connectivity index (χ0) is 17.4. The van der Waals surface area contributed by atoms with Gasteiger partial charge in [-0.05, 0) is 37.3 Å². The molecule has 0 saturated heterocycles. The standard InChI is InChI=1S/C17H18N2O5/c1-2-23-16(21)9-8-15(20)18-12-5-3-6-13(11-12)19-17(22)14-7-4-10-24-14/h3-7,10-11H,2,8-9H2,1H3,(H,18,20)(H,19,22). The number of anilines is 2. The van der Waals surface area contributed by atoms with Gasteiger partial charge in [-0.15, -0.1) is 0 Å². The fourth-order valence-electron chi connectivity index (χ4n) is 1.95. The lowest BCUT2D eigenvalue weighted by molar-refractivity contribution is -0.144. The molecule has 0 atom stereocenters. The van der Waals surface area contributed by atoms with E-state index in [1.807, 2.05) is 0 Å². The van der Waals surface area contributed by atoms with Crippen molar-refractivity contribution in [1.29, 1.82) is 0 Å². The highest BCUT2D eigenvalue weighted by Crippen LogP contribution is 2.16. The molecule has 1 aromatic heterocycles. The van der Waals surface area contributed by atoms with Gasteiger partial charge in [0.25, 0.3) is 5.91 Å². The fourth-order valence-corrected chi connectivity index (χ4v) is 1.95. The fraction of sp³-hybridized carbons (Fsp3) is 0.235. The van der Waals surface area contributed by atoms with Crippen molar-refractivity contribution in [1.82, 2.24) is 0 Å². The van der Waals surface area contributed by atoms with Crippen LogP contribution in [0, 0.1) is 0 Å². The highest BCUT2D eigenvalue weighted by atomic mass is 16.5. The third-order valence-corrected chi connectivity index (χ3v) is 3.01. The number of hydrogen-bond donors (Lipinski definition) is 2. The summed E-state index contributed by atoms with van der Waals surface area (Å²) in [5.41, 5.74) is 1.03. The molecule has 0 spiro atoms. The Hall–Kier alpha value is -3.09. The van der Waals surface area contributed by atoms with E-state index < -0.39 is 5.97 Å². The SMILES string of the molecule is CCOC(=O)CCC(=O)Nc1cccc(NC(=O)c2ccco2)c1. The van der Waals surface area contributed by atoms with Gasteiger partial charge in [-0.1, -0.05) is 6.07 Å². The number of benzene rings is 1. The van der Waals surface area contributed by atoms with Gasteiger partial charge in [0.1, 0.15) is 0 Å². The maximum absolute atomic E-state index is 11.9. The van der Waals surface area contributed by atoms with Gasteiger partial charge >= 0.3 is 5.97 Å². The highest BCUT2D eigenvalue weighted by Gasteiger charge is 2.10.